The number of carbonyl (C=O) groups excluding carboxylic acids is 1. The number of ether oxygens (including phenoxy) is 1. The summed E-state index contributed by atoms with van der Waals surface area (Å²) in [5.41, 5.74) is 0.324. The van der Waals surface area contributed by atoms with Crippen LogP contribution in [0.15, 0.2) is 24.3 Å². The van der Waals surface area contributed by atoms with Crippen molar-refractivity contribution in [3.05, 3.63) is 34.9 Å². The third kappa shape index (κ3) is 6.48. The Kier molecular flexibility index (Phi) is 12.5. The standard InChI is InChI=1S/C19H30ClN3O2.2ClH/c1-4-23(5-2)17(15-8-6-7-9-16(15)20)14-22-18(24)19(25-3)10-12-21-13-11-19;;/h6-9,17,21H,4-5,10-14H2,1-3H3,(H,22,24);2*1H. The molecule has 0 spiro atoms. The molecule has 156 valence electrons. The molecule has 0 radical (unpaired) electrons. The number of nitrogens with one attached hydrogen (secondary N) is 2. The van der Waals surface area contributed by atoms with Gasteiger partial charge in [-0.25, -0.2) is 0 Å². The molecule has 27 heavy (non-hydrogen) atoms. The summed E-state index contributed by atoms with van der Waals surface area (Å²) in [5, 5.41) is 7.14. The first-order valence-corrected chi connectivity index (χ1v) is 9.48. The van der Waals surface area contributed by atoms with Gasteiger partial charge in [-0.1, -0.05) is 43.6 Å². The van der Waals surface area contributed by atoms with Gasteiger partial charge in [0.15, 0.2) is 0 Å². The van der Waals surface area contributed by atoms with Crippen LogP contribution in [0.2, 0.25) is 5.02 Å². The third-order valence-corrected chi connectivity index (χ3v) is 5.53. The molecule has 5 nitrogen and oxygen atoms in total. The average Bonchev–Trinajstić information content (AvgIpc) is 2.66. The predicted octanol–water partition coefficient (Wildman–Crippen LogP) is 3.45. The van der Waals surface area contributed by atoms with Gasteiger partial charge in [-0.05, 0) is 50.7 Å². The number of halogens is 3. The molecule has 1 unspecified atom stereocenters. The lowest BCUT2D eigenvalue weighted by Gasteiger charge is -2.36. The fraction of sp³-hybridized carbons (Fsp3) is 0.632. The average molecular weight is 441 g/mol. The Morgan fingerprint density at radius 2 is 1.85 bits per heavy atom. The van der Waals surface area contributed by atoms with Crippen LogP contribution >= 0.6 is 36.4 Å². The molecule has 0 aliphatic carbocycles. The highest BCUT2D eigenvalue weighted by Gasteiger charge is 2.40. The number of piperidine rings is 1. The van der Waals surface area contributed by atoms with Crippen LogP contribution in [0, 0.1) is 0 Å². The number of amides is 1. The van der Waals surface area contributed by atoms with Crippen molar-refractivity contribution in [1.82, 2.24) is 15.5 Å². The van der Waals surface area contributed by atoms with Crippen molar-refractivity contribution in [2.75, 3.05) is 39.8 Å². The summed E-state index contributed by atoms with van der Waals surface area (Å²) in [4.78, 5) is 15.2. The number of nitrogens with zero attached hydrogens (tertiary/aromatic N) is 1. The minimum absolute atomic E-state index is 0. The van der Waals surface area contributed by atoms with Crippen LogP contribution in [0.1, 0.15) is 38.3 Å². The molecule has 1 aromatic carbocycles. The largest absolute Gasteiger partial charge is 0.368 e. The normalized spacial score (nSPS) is 16.8. The second kappa shape index (κ2) is 12.8. The van der Waals surface area contributed by atoms with E-state index < -0.39 is 5.60 Å². The van der Waals surface area contributed by atoms with Crippen molar-refractivity contribution in [3.63, 3.8) is 0 Å². The lowest BCUT2D eigenvalue weighted by Crippen LogP contribution is -2.55. The molecular formula is C19H32Cl3N3O2. The SMILES string of the molecule is CCN(CC)C(CNC(=O)C1(OC)CCNCC1)c1ccccc1Cl.Cl.Cl. The minimum atomic E-state index is -0.723. The molecule has 2 rings (SSSR count). The molecular weight excluding hydrogens is 409 g/mol. The Hall–Kier alpha value is -0.560. The van der Waals surface area contributed by atoms with Crippen LogP contribution in [0.3, 0.4) is 0 Å². The summed E-state index contributed by atoms with van der Waals surface area (Å²) in [6, 6.07) is 7.90. The molecule has 1 aliphatic heterocycles. The zero-order chi connectivity index (χ0) is 18.3. The summed E-state index contributed by atoms with van der Waals surface area (Å²) in [6.45, 7) is 8.14. The molecule has 1 aliphatic rings. The Labute approximate surface area is 180 Å². The highest BCUT2D eigenvalue weighted by atomic mass is 35.5. The van der Waals surface area contributed by atoms with Gasteiger partial charge in [0.05, 0.1) is 6.04 Å². The molecule has 8 heteroatoms. The van der Waals surface area contributed by atoms with Crippen molar-refractivity contribution in [2.24, 2.45) is 0 Å². The van der Waals surface area contributed by atoms with Crippen molar-refractivity contribution >= 4 is 42.3 Å². The number of likely N-dealkylation sites (N-methyl/N-ethyl adjacent to an activating group) is 1. The predicted molar refractivity (Wildman–Crippen MR) is 116 cm³/mol. The molecule has 0 bridgehead atoms. The number of hydrogen-bond acceptors (Lipinski definition) is 4. The topological polar surface area (TPSA) is 53.6 Å². The summed E-state index contributed by atoms with van der Waals surface area (Å²) in [7, 11) is 1.63. The molecule has 1 saturated heterocycles. The van der Waals surface area contributed by atoms with E-state index in [2.05, 4.69) is 29.4 Å². The summed E-state index contributed by atoms with van der Waals surface area (Å²) >= 11 is 6.42. The van der Waals surface area contributed by atoms with E-state index >= 15 is 0 Å². The highest BCUT2D eigenvalue weighted by Crippen LogP contribution is 2.28. The van der Waals surface area contributed by atoms with Crippen LogP contribution in [-0.2, 0) is 9.53 Å². The van der Waals surface area contributed by atoms with E-state index in [1.165, 1.54) is 0 Å². The molecule has 1 aromatic rings. The first-order valence-electron chi connectivity index (χ1n) is 9.10. The first-order chi connectivity index (χ1) is 12.1. The van der Waals surface area contributed by atoms with E-state index in [1.807, 2.05) is 24.3 Å². The second-order valence-corrected chi connectivity index (χ2v) is 6.82. The molecule has 2 N–H and O–H groups in total. The number of rotatable bonds is 8. The number of hydrogen-bond donors (Lipinski definition) is 2. The number of benzene rings is 1. The fourth-order valence-corrected chi connectivity index (χ4v) is 3.81. The van der Waals surface area contributed by atoms with E-state index in [-0.39, 0.29) is 36.8 Å². The van der Waals surface area contributed by atoms with Crippen molar-refractivity contribution in [1.29, 1.82) is 0 Å². The van der Waals surface area contributed by atoms with Gasteiger partial charge >= 0.3 is 0 Å². The van der Waals surface area contributed by atoms with Gasteiger partial charge in [0.2, 0.25) is 0 Å². The van der Waals surface area contributed by atoms with Gasteiger partial charge in [0.25, 0.3) is 5.91 Å². The van der Waals surface area contributed by atoms with Crippen LogP contribution in [0.4, 0.5) is 0 Å². The van der Waals surface area contributed by atoms with E-state index in [0.717, 1.165) is 36.8 Å². The lowest BCUT2D eigenvalue weighted by atomic mass is 9.91. The maximum Gasteiger partial charge on any atom is 0.252 e. The number of methoxy groups -OCH3 is 1. The molecule has 1 amide bonds. The summed E-state index contributed by atoms with van der Waals surface area (Å²) < 4.78 is 5.62. The second-order valence-electron chi connectivity index (χ2n) is 6.42. The van der Waals surface area contributed by atoms with Gasteiger partial charge in [0, 0.05) is 18.7 Å². The zero-order valence-corrected chi connectivity index (χ0v) is 18.7. The Morgan fingerprint density at radius 3 is 2.37 bits per heavy atom. The van der Waals surface area contributed by atoms with E-state index in [9.17, 15) is 4.79 Å². The summed E-state index contributed by atoms with van der Waals surface area (Å²) in [6.07, 6.45) is 1.38. The van der Waals surface area contributed by atoms with Crippen LogP contribution < -0.4 is 10.6 Å². The number of carbonyl (C=O) groups is 1. The van der Waals surface area contributed by atoms with Crippen LogP contribution in [0.25, 0.3) is 0 Å². The van der Waals surface area contributed by atoms with E-state index in [0.29, 0.717) is 19.4 Å². The van der Waals surface area contributed by atoms with E-state index in [1.54, 1.807) is 7.11 Å². The minimum Gasteiger partial charge on any atom is -0.368 e. The van der Waals surface area contributed by atoms with Gasteiger partial charge in [-0.2, -0.15) is 0 Å². The first kappa shape index (κ1) is 26.4. The van der Waals surface area contributed by atoms with Crippen LogP contribution in [-0.4, -0.2) is 56.2 Å². The summed E-state index contributed by atoms with van der Waals surface area (Å²) in [5.74, 6) is -0.0271. The molecule has 1 heterocycles. The highest BCUT2D eigenvalue weighted by molar-refractivity contribution is 6.31. The van der Waals surface area contributed by atoms with Crippen molar-refractivity contribution in [2.45, 2.75) is 38.3 Å². The van der Waals surface area contributed by atoms with Gasteiger partial charge in [-0.15, -0.1) is 24.8 Å². The maximum absolute atomic E-state index is 12.9. The van der Waals surface area contributed by atoms with Crippen molar-refractivity contribution < 1.29 is 9.53 Å². The molecule has 0 saturated carbocycles. The molecule has 1 atom stereocenters. The maximum atomic E-state index is 12.9. The van der Waals surface area contributed by atoms with Gasteiger partial charge in [-0.3, -0.25) is 9.69 Å². The lowest BCUT2D eigenvalue weighted by molar-refractivity contribution is -0.147. The van der Waals surface area contributed by atoms with Crippen LogP contribution in [0.5, 0.6) is 0 Å². The smallest absolute Gasteiger partial charge is 0.252 e. The van der Waals surface area contributed by atoms with Gasteiger partial charge in [0.1, 0.15) is 5.60 Å². The quantitative estimate of drug-likeness (QED) is 0.650. The monoisotopic (exact) mass is 439 g/mol. The Bertz CT molecular complexity index is 565. The Balaban J connectivity index is 0.00000338. The van der Waals surface area contributed by atoms with Gasteiger partial charge < -0.3 is 15.4 Å². The fourth-order valence-electron chi connectivity index (χ4n) is 3.55. The molecule has 0 aromatic heterocycles. The molecule has 1 fully saturated rings. The third-order valence-electron chi connectivity index (χ3n) is 5.19. The zero-order valence-electron chi connectivity index (χ0n) is 16.3. The van der Waals surface area contributed by atoms with E-state index in [4.69, 9.17) is 16.3 Å². The van der Waals surface area contributed by atoms with Crippen molar-refractivity contribution in [3.8, 4) is 0 Å². The Morgan fingerprint density at radius 1 is 1.26 bits per heavy atom.